The molecule has 0 saturated carbocycles. The minimum Gasteiger partial charge on any atom is -0.385 e. The fraction of sp³-hybridized carbons (Fsp3) is 0.455. The zero-order chi connectivity index (χ0) is 22.6. The average Bonchev–Trinajstić information content (AvgIpc) is 2.71. The van der Waals surface area contributed by atoms with E-state index in [1.807, 2.05) is 6.07 Å². The van der Waals surface area contributed by atoms with Gasteiger partial charge in [-0.2, -0.15) is 0 Å². The van der Waals surface area contributed by atoms with E-state index in [1.165, 1.54) is 6.08 Å². The topological polar surface area (TPSA) is 84.9 Å². The molecular weight excluding hydrogens is 484 g/mol. The number of hydrogen-bond donors (Lipinski definition) is 3. The maximum atomic E-state index is 13.3. The maximum absolute atomic E-state index is 13.3. The number of anilines is 1. The van der Waals surface area contributed by atoms with Crippen LogP contribution in [0.15, 0.2) is 46.2 Å². The molecule has 7 nitrogen and oxygen atoms in total. The number of allylic oxidation sites excluding steroid dienone is 1. The normalized spacial score (nSPS) is 21.3. The van der Waals surface area contributed by atoms with E-state index in [0.29, 0.717) is 28.3 Å². The van der Waals surface area contributed by atoms with Gasteiger partial charge in [0.15, 0.2) is 0 Å². The van der Waals surface area contributed by atoms with Crippen LogP contribution in [0.1, 0.15) is 19.3 Å². The Kier molecular flexibility index (Phi) is 7.80. The first-order valence-electron chi connectivity index (χ1n) is 10.2. The van der Waals surface area contributed by atoms with Gasteiger partial charge in [-0.05, 0) is 37.6 Å². The average molecular weight is 512 g/mol. The lowest BCUT2D eigenvalue weighted by Gasteiger charge is -2.52. The van der Waals surface area contributed by atoms with Crippen LogP contribution in [0.3, 0.4) is 0 Å². The highest BCUT2D eigenvalue weighted by molar-refractivity contribution is 9.10. The standard InChI is InChI=1S/C22H28BrClN4O3/c1-27(2)12-16(18(8-10-29)26-19-7-6-15(23)11-17(19)24)21(30)28-13-22(31,14-28)20-5-3-4-9-25-20/h6-8,10-12,20,25-26,31H,3-5,9,13-14H2,1-2H3/b16-12+,18-8+/t20-/m0/s1. The third-order valence-corrected chi connectivity index (χ3v) is 6.32. The van der Waals surface area contributed by atoms with Crippen molar-refractivity contribution in [3.8, 4) is 0 Å². The summed E-state index contributed by atoms with van der Waals surface area (Å²) in [6.07, 6.45) is 6.68. The zero-order valence-corrected chi connectivity index (χ0v) is 20.0. The Morgan fingerprint density at radius 1 is 1.39 bits per heavy atom. The number of carbonyl (C=O) groups excluding carboxylic acids is 2. The minimum atomic E-state index is -0.920. The summed E-state index contributed by atoms with van der Waals surface area (Å²) < 4.78 is 0.820. The summed E-state index contributed by atoms with van der Waals surface area (Å²) in [6, 6.07) is 5.30. The van der Waals surface area contributed by atoms with Gasteiger partial charge in [0.1, 0.15) is 11.9 Å². The number of benzene rings is 1. The highest BCUT2D eigenvalue weighted by atomic mass is 79.9. The van der Waals surface area contributed by atoms with Crippen LogP contribution in [0.5, 0.6) is 0 Å². The van der Waals surface area contributed by atoms with E-state index >= 15 is 0 Å². The SMILES string of the molecule is CN(C)/C=C(C(=O)N1CC(O)([C@@H]2CCCCN2)C1)\C(=C/C=O)Nc1ccc(Br)cc1Cl. The van der Waals surface area contributed by atoms with E-state index in [0.717, 1.165) is 30.3 Å². The van der Waals surface area contributed by atoms with Crippen molar-refractivity contribution in [2.45, 2.75) is 30.9 Å². The van der Waals surface area contributed by atoms with Gasteiger partial charge < -0.3 is 25.5 Å². The van der Waals surface area contributed by atoms with Crippen molar-refractivity contribution in [1.29, 1.82) is 0 Å². The van der Waals surface area contributed by atoms with Gasteiger partial charge in [-0.1, -0.05) is 34.0 Å². The Morgan fingerprint density at radius 3 is 2.71 bits per heavy atom. The predicted molar refractivity (Wildman–Crippen MR) is 126 cm³/mol. The van der Waals surface area contributed by atoms with Crippen molar-refractivity contribution in [3.63, 3.8) is 0 Å². The number of rotatable bonds is 7. The van der Waals surface area contributed by atoms with Crippen LogP contribution < -0.4 is 10.6 Å². The first-order valence-corrected chi connectivity index (χ1v) is 11.4. The Morgan fingerprint density at radius 2 is 2.13 bits per heavy atom. The smallest absolute Gasteiger partial charge is 0.257 e. The second-order valence-corrected chi connectivity index (χ2v) is 9.56. The molecule has 0 bridgehead atoms. The van der Waals surface area contributed by atoms with Crippen molar-refractivity contribution in [2.24, 2.45) is 0 Å². The number of β-amino-alcohol motifs (C(OH)–C–C–N with tert-alkyl or cyclic N) is 1. The zero-order valence-electron chi connectivity index (χ0n) is 17.7. The van der Waals surface area contributed by atoms with Crippen LogP contribution >= 0.6 is 27.5 Å². The molecule has 1 aromatic rings. The number of amides is 1. The number of carbonyl (C=O) groups is 2. The lowest BCUT2D eigenvalue weighted by atomic mass is 9.81. The van der Waals surface area contributed by atoms with Crippen molar-refractivity contribution >= 4 is 45.4 Å². The Hall–Kier alpha value is -1.87. The summed E-state index contributed by atoms with van der Waals surface area (Å²) in [4.78, 5) is 28.0. The molecule has 0 aliphatic carbocycles. The van der Waals surface area contributed by atoms with Crippen LogP contribution in [0.2, 0.25) is 5.02 Å². The molecule has 0 unspecified atom stereocenters. The van der Waals surface area contributed by atoms with Gasteiger partial charge in [0.2, 0.25) is 0 Å². The van der Waals surface area contributed by atoms with Crippen LogP contribution in [-0.2, 0) is 9.59 Å². The molecule has 2 saturated heterocycles. The van der Waals surface area contributed by atoms with Crippen LogP contribution in [0.4, 0.5) is 5.69 Å². The molecule has 2 fully saturated rings. The fourth-order valence-corrected chi connectivity index (χ4v) is 4.68. The molecule has 0 aromatic heterocycles. The molecule has 9 heteroatoms. The first-order chi connectivity index (χ1) is 14.7. The summed E-state index contributed by atoms with van der Waals surface area (Å²) in [6.45, 7) is 1.39. The molecule has 2 heterocycles. The number of nitrogens with zero attached hydrogens (tertiary/aromatic N) is 2. The third kappa shape index (κ3) is 5.68. The largest absolute Gasteiger partial charge is 0.385 e. The number of likely N-dealkylation sites (tertiary alicyclic amines) is 1. The molecule has 1 aromatic carbocycles. The monoisotopic (exact) mass is 510 g/mol. The van der Waals surface area contributed by atoms with Crippen molar-refractivity contribution < 1.29 is 14.7 Å². The van der Waals surface area contributed by atoms with E-state index < -0.39 is 5.60 Å². The molecule has 1 amide bonds. The molecule has 0 radical (unpaired) electrons. The lowest BCUT2D eigenvalue weighted by Crippen LogP contribution is -2.72. The molecule has 168 valence electrons. The predicted octanol–water partition coefficient (Wildman–Crippen LogP) is 2.76. The third-order valence-electron chi connectivity index (χ3n) is 5.52. The summed E-state index contributed by atoms with van der Waals surface area (Å²) >= 11 is 9.68. The highest BCUT2D eigenvalue weighted by Crippen LogP contribution is 2.32. The molecule has 2 aliphatic rings. The van der Waals surface area contributed by atoms with Crippen molar-refractivity contribution in [2.75, 3.05) is 39.0 Å². The molecule has 1 atom stereocenters. The molecule has 31 heavy (non-hydrogen) atoms. The van der Waals surface area contributed by atoms with Crippen molar-refractivity contribution in [1.82, 2.24) is 15.1 Å². The second-order valence-electron chi connectivity index (χ2n) is 8.24. The number of nitrogens with one attached hydrogen (secondary N) is 2. The lowest BCUT2D eigenvalue weighted by molar-refractivity contribution is -0.158. The number of hydrogen-bond acceptors (Lipinski definition) is 6. The van der Waals surface area contributed by atoms with Gasteiger partial charge in [0, 0.05) is 36.9 Å². The molecular formula is C22H28BrClN4O3. The summed E-state index contributed by atoms with van der Waals surface area (Å²) in [5, 5.41) is 17.9. The fourth-order valence-electron chi connectivity index (χ4n) is 3.96. The van der Waals surface area contributed by atoms with Gasteiger partial charge in [-0.15, -0.1) is 0 Å². The number of aliphatic hydroxyl groups is 1. The molecule has 2 aliphatic heterocycles. The maximum Gasteiger partial charge on any atom is 0.257 e. The number of piperidine rings is 1. The quantitative estimate of drug-likeness (QED) is 0.297. The van der Waals surface area contributed by atoms with E-state index in [4.69, 9.17) is 11.6 Å². The number of halogens is 2. The van der Waals surface area contributed by atoms with Gasteiger partial charge in [-0.25, -0.2) is 0 Å². The minimum absolute atomic E-state index is 0.00346. The molecule has 0 spiro atoms. The van der Waals surface area contributed by atoms with Crippen LogP contribution in [0.25, 0.3) is 0 Å². The first kappa shape index (κ1) is 23.8. The Bertz CT molecular complexity index is 891. The van der Waals surface area contributed by atoms with Crippen LogP contribution in [-0.4, -0.2) is 72.5 Å². The summed E-state index contributed by atoms with van der Waals surface area (Å²) in [7, 11) is 3.60. The summed E-state index contributed by atoms with van der Waals surface area (Å²) in [5.74, 6) is -0.261. The van der Waals surface area contributed by atoms with Crippen molar-refractivity contribution in [3.05, 3.63) is 51.2 Å². The summed E-state index contributed by atoms with van der Waals surface area (Å²) in [5.41, 5.74) is 0.303. The van der Waals surface area contributed by atoms with E-state index in [2.05, 4.69) is 26.6 Å². The van der Waals surface area contributed by atoms with Gasteiger partial charge in [-0.3, -0.25) is 9.59 Å². The number of aldehydes is 1. The highest BCUT2D eigenvalue weighted by Gasteiger charge is 2.50. The Labute approximate surface area is 196 Å². The van der Waals surface area contributed by atoms with Gasteiger partial charge in [0.05, 0.1) is 35.1 Å². The Balaban J connectivity index is 1.80. The van der Waals surface area contributed by atoms with Gasteiger partial charge in [0.25, 0.3) is 5.91 Å². The van der Waals surface area contributed by atoms with E-state index in [9.17, 15) is 14.7 Å². The van der Waals surface area contributed by atoms with Gasteiger partial charge >= 0.3 is 0 Å². The van der Waals surface area contributed by atoms with E-state index in [-0.39, 0.29) is 25.0 Å². The van der Waals surface area contributed by atoms with Crippen LogP contribution in [0, 0.1) is 0 Å². The molecule has 3 N–H and O–H groups in total. The second kappa shape index (κ2) is 10.2. The van der Waals surface area contributed by atoms with E-state index in [1.54, 1.807) is 42.2 Å². The molecule has 3 rings (SSSR count).